The van der Waals surface area contributed by atoms with Gasteiger partial charge in [-0.15, -0.1) is 0 Å². The molecule has 3 nitrogen and oxygen atoms in total. The summed E-state index contributed by atoms with van der Waals surface area (Å²) in [6.07, 6.45) is 5.57. The summed E-state index contributed by atoms with van der Waals surface area (Å²) in [6, 6.07) is 0. The van der Waals surface area contributed by atoms with E-state index in [2.05, 4.69) is 17.1 Å². The second kappa shape index (κ2) is 5.67. The highest BCUT2D eigenvalue weighted by atomic mass is 16.2. The molecular formula is C13H24N2O. The minimum absolute atomic E-state index is 0.394. The van der Waals surface area contributed by atoms with E-state index in [4.69, 9.17) is 0 Å². The van der Waals surface area contributed by atoms with Crippen molar-refractivity contribution >= 4 is 5.91 Å². The molecule has 0 spiro atoms. The van der Waals surface area contributed by atoms with Crippen LogP contribution >= 0.6 is 0 Å². The van der Waals surface area contributed by atoms with Gasteiger partial charge in [0.2, 0.25) is 5.91 Å². The molecule has 2 rings (SSSR count). The number of hydrogen-bond acceptors (Lipinski definition) is 2. The lowest BCUT2D eigenvalue weighted by Gasteiger charge is -2.17. The molecule has 0 aromatic heterocycles. The molecule has 0 saturated carbocycles. The maximum absolute atomic E-state index is 11.9. The van der Waals surface area contributed by atoms with Gasteiger partial charge < -0.3 is 10.2 Å². The lowest BCUT2D eigenvalue weighted by molar-refractivity contribution is -0.130. The number of fused-ring (bicyclic) bond motifs is 1. The van der Waals surface area contributed by atoms with Crippen LogP contribution in [-0.2, 0) is 4.79 Å². The summed E-state index contributed by atoms with van der Waals surface area (Å²) < 4.78 is 0. The fourth-order valence-electron chi connectivity index (χ4n) is 2.92. The van der Waals surface area contributed by atoms with Gasteiger partial charge in [-0.3, -0.25) is 4.79 Å². The van der Waals surface area contributed by atoms with Crippen LogP contribution in [0.25, 0.3) is 0 Å². The monoisotopic (exact) mass is 224 g/mol. The third-order valence-corrected chi connectivity index (χ3v) is 3.99. The van der Waals surface area contributed by atoms with E-state index >= 15 is 0 Å². The van der Waals surface area contributed by atoms with Gasteiger partial charge in [-0.1, -0.05) is 26.2 Å². The summed E-state index contributed by atoms with van der Waals surface area (Å²) in [7, 11) is 0. The van der Waals surface area contributed by atoms with Gasteiger partial charge in [0.15, 0.2) is 0 Å². The molecule has 2 atom stereocenters. The molecule has 0 aromatic rings. The molecule has 2 heterocycles. The number of carbonyl (C=O) groups excluding carboxylic acids is 1. The van der Waals surface area contributed by atoms with E-state index in [-0.39, 0.29) is 0 Å². The Kier molecular flexibility index (Phi) is 4.22. The first kappa shape index (κ1) is 11.9. The van der Waals surface area contributed by atoms with Crippen molar-refractivity contribution in [2.75, 3.05) is 26.2 Å². The van der Waals surface area contributed by atoms with Crippen molar-refractivity contribution in [1.29, 1.82) is 0 Å². The van der Waals surface area contributed by atoms with Crippen molar-refractivity contribution < 1.29 is 4.79 Å². The van der Waals surface area contributed by atoms with E-state index in [9.17, 15) is 4.79 Å². The minimum Gasteiger partial charge on any atom is -0.342 e. The van der Waals surface area contributed by atoms with Gasteiger partial charge in [0.1, 0.15) is 0 Å². The number of amides is 1. The first-order chi connectivity index (χ1) is 7.81. The van der Waals surface area contributed by atoms with Crippen molar-refractivity contribution in [3.8, 4) is 0 Å². The molecule has 2 aliphatic rings. The number of hydrogen-bond donors (Lipinski definition) is 1. The molecule has 2 fully saturated rings. The number of carbonyl (C=O) groups is 1. The van der Waals surface area contributed by atoms with Crippen molar-refractivity contribution in [1.82, 2.24) is 10.2 Å². The molecule has 2 saturated heterocycles. The van der Waals surface area contributed by atoms with E-state index in [1.807, 2.05) is 0 Å². The van der Waals surface area contributed by atoms with E-state index in [0.717, 1.165) is 50.9 Å². The van der Waals surface area contributed by atoms with Crippen molar-refractivity contribution in [2.24, 2.45) is 11.8 Å². The number of rotatable bonds is 5. The predicted molar refractivity (Wildman–Crippen MR) is 65.2 cm³/mol. The molecule has 3 heteroatoms. The first-order valence-corrected chi connectivity index (χ1v) is 6.79. The molecule has 2 unspecified atom stereocenters. The maximum atomic E-state index is 11.9. The zero-order chi connectivity index (χ0) is 11.4. The largest absolute Gasteiger partial charge is 0.342 e. The molecular weight excluding hydrogens is 200 g/mol. The summed E-state index contributed by atoms with van der Waals surface area (Å²) in [5.74, 6) is 1.87. The standard InChI is InChI=1S/C13H24N2O/c1-2-3-4-5-6-13(16)15-9-11-7-14-8-12(11)10-15/h11-12,14H,2-10H2,1H3. The van der Waals surface area contributed by atoms with Crippen molar-refractivity contribution in [3.05, 3.63) is 0 Å². The molecule has 2 aliphatic heterocycles. The van der Waals surface area contributed by atoms with Crippen molar-refractivity contribution in [2.45, 2.75) is 39.0 Å². The van der Waals surface area contributed by atoms with Gasteiger partial charge in [-0.25, -0.2) is 0 Å². The van der Waals surface area contributed by atoms with Gasteiger partial charge in [0.25, 0.3) is 0 Å². The number of unbranched alkanes of at least 4 members (excludes halogenated alkanes) is 3. The summed E-state index contributed by atoms with van der Waals surface area (Å²) >= 11 is 0. The Morgan fingerprint density at radius 3 is 2.50 bits per heavy atom. The maximum Gasteiger partial charge on any atom is 0.222 e. The van der Waals surface area contributed by atoms with Gasteiger partial charge in [-0.05, 0) is 18.3 Å². The Morgan fingerprint density at radius 2 is 1.88 bits per heavy atom. The summed E-state index contributed by atoms with van der Waals surface area (Å²) in [4.78, 5) is 14.0. The molecule has 1 N–H and O–H groups in total. The third-order valence-electron chi connectivity index (χ3n) is 3.99. The molecule has 1 amide bonds. The highest BCUT2D eigenvalue weighted by Gasteiger charge is 2.37. The van der Waals surface area contributed by atoms with Crippen LogP contribution in [-0.4, -0.2) is 37.0 Å². The fourth-order valence-corrected chi connectivity index (χ4v) is 2.92. The molecule has 16 heavy (non-hydrogen) atoms. The quantitative estimate of drug-likeness (QED) is 0.720. The van der Waals surface area contributed by atoms with Crippen LogP contribution in [0.5, 0.6) is 0 Å². The van der Waals surface area contributed by atoms with Crippen molar-refractivity contribution in [3.63, 3.8) is 0 Å². The van der Waals surface area contributed by atoms with Gasteiger partial charge in [0, 0.05) is 32.6 Å². The minimum atomic E-state index is 0.394. The van der Waals surface area contributed by atoms with E-state index in [1.54, 1.807) is 0 Å². The lowest BCUT2D eigenvalue weighted by Crippen LogP contribution is -2.31. The smallest absolute Gasteiger partial charge is 0.222 e. The van der Waals surface area contributed by atoms with Gasteiger partial charge in [0.05, 0.1) is 0 Å². The summed E-state index contributed by atoms with van der Waals surface area (Å²) in [5, 5.41) is 3.41. The third kappa shape index (κ3) is 2.76. The molecule has 0 aromatic carbocycles. The van der Waals surface area contributed by atoms with E-state index in [1.165, 1.54) is 19.3 Å². The summed E-state index contributed by atoms with van der Waals surface area (Å²) in [5.41, 5.74) is 0. The zero-order valence-electron chi connectivity index (χ0n) is 10.4. The van der Waals surface area contributed by atoms with Crippen LogP contribution in [0.4, 0.5) is 0 Å². The Morgan fingerprint density at radius 1 is 1.19 bits per heavy atom. The average Bonchev–Trinajstić information content (AvgIpc) is 2.83. The van der Waals surface area contributed by atoms with E-state index < -0.39 is 0 Å². The van der Waals surface area contributed by atoms with Gasteiger partial charge >= 0.3 is 0 Å². The molecule has 0 aliphatic carbocycles. The van der Waals surface area contributed by atoms with Gasteiger partial charge in [-0.2, -0.15) is 0 Å². The Balaban J connectivity index is 1.66. The molecule has 92 valence electrons. The fraction of sp³-hybridized carbons (Fsp3) is 0.923. The molecule has 0 bridgehead atoms. The average molecular weight is 224 g/mol. The topological polar surface area (TPSA) is 32.3 Å². The zero-order valence-corrected chi connectivity index (χ0v) is 10.4. The second-order valence-electron chi connectivity index (χ2n) is 5.29. The number of nitrogens with zero attached hydrogens (tertiary/aromatic N) is 1. The summed E-state index contributed by atoms with van der Waals surface area (Å²) in [6.45, 7) is 6.44. The van der Waals surface area contributed by atoms with Crippen LogP contribution < -0.4 is 5.32 Å². The number of nitrogens with one attached hydrogen (secondary N) is 1. The Hall–Kier alpha value is -0.570. The second-order valence-corrected chi connectivity index (χ2v) is 5.29. The first-order valence-electron chi connectivity index (χ1n) is 6.79. The van der Waals surface area contributed by atoms with Crippen LogP contribution in [0.2, 0.25) is 0 Å². The van der Waals surface area contributed by atoms with E-state index in [0.29, 0.717) is 5.91 Å². The van der Waals surface area contributed by atoms with Crippen LogP contribution in [0.1, 0.15) is 39.0 Å². The molecule has 0 radical (unpaired) electrons. The highest BCUT2D eigenvalue weighted by molar-refractivity contribution is 5.76. The highest BCUT2D eigenvalue weighted by Crippen LogP contribution is 2.26. The Bertz CT molecular complexity index is 230. The van der Waals surface area contributed by atoms with Crippen LogP contribution in [0.3, 0.4) is 0 Å². The predicted octanol–water partition coefficient (Wildman–Crippen LogP) is 1.63. The lowest BCUT2D eigenvalue weighted by atomic mass is 10.0. The normalized spacial score (nSPS) is 28.4. The number of likely N-dealkylation sites (tertiary alicyclic amines) is 1. The Labute approximate surface area is 98.6 Å². The van der Waals surface area contributed by atoms with Crippen LogP contribution in [0.15, 0.2) is 0 Å². The SMILES string of the molecule is CCCCCCC(=O)N1CC2CNCC2C1. The van der Waals surface area contributed by atoms with Crippen LogP contribution in [0, 0.1) is 11.8 Å².